The monoisotopic (exact) mass is 277 g/mol. The van der Waals surface area contributed by atoms with E-state index >= 15 is 0 Å². The Bertz CT molecular complexity index is 410. The van der Waals surface area contributed by atoms with Crippen molar-refractivity contribution in [2.45, 2.75) is 25.9 Å². The van der Waals surface area contributed by atoms with Crippen LogP contribution in [-0.4, -0.2) is 32.8 Å². The molecule has 1 atom stereocenters. The summed E-state index contributed by atoms with van der Waals surface area (Å²) in [6.07, 6.45) is 3.71. The molecule has 0 aliphatic carbocycles. The Labute approximate surface area is 120 Å². The van der Waals surface area contributed by atoms with Crippen LogP contribution in [0.3, 0.4) is 0 Å². The van der Waals surface area contributed by atoms with Crippen LogP contribution < -0.4 is 5.32 Å². The van der Waals surface area contributed by atoms with Gasteiger partial charge in [0.15, 0.2) is 0 Å². The molecule has 0 saturated carbocycles. The van der Waals surface area contributed by atoms with Crippen LogP contribution in [0, 0.1) is 5.92 Å². The van der Waals surface area contributed by atoms with Gasteiger partial charge in [0.1, 0.15) is 0 Å². The SMILES string of the molecule is COC(=O)c1ccc(COCCC2CCCNC2)cc1. The fourth-order valence-corrected chi connectivity index (χ4v) is 2.47. The Morgan fingerprint density at radius 3 is 2.80 bits per heavy atom. The van der Waals surface area contributed by atoms with Gasteiger partial charge in [-0.15, -0.1) is 0 Å². The largest absolute Gasteiger partial charge is 0.465 e. The number of nitrogens with one attached hydrogen (secondary N) is 1. The topological polar surface area (TPSA) is 47.6 Å². The molecule has 1 unspecified atom stereocenters. The molecule has 1 saturated heterocycles. The van der Waals surface area contributed by atoms with E-state index in [1.54, 1.807) is 12.1 Å². The van der Waals surface area contributed by atoms with Gasteiger partial charge in [0.25, 0.3) is 0 Å². The lowest BCUT2D eigenvalue weighted by molar-refractivity contribution is 0.0600. The number of rotatable bonds is 6. The number of methoxy groups -OCH3 is 1. The number of ether oxygens (including phenoxy) is 2. The second-order valence-electron chi connectivity index (χ2n) is 5.24. The van der Waals surface area contributed by atoms with Crippen LogP contribution >= 0.6 is 0 Å². The van der Waals surface area contributed by atoms with Crippen LogP contribution in [0.15, 0.2) is 24.3 Å². The molecule has 20 heavy (non-hydrogen) atoms. The molecular formula is C16H23NO3. The van der Waals surface area contributed by atoms with Crippen molar-refractivity contribution in [1.29, 1.82) is 0 Å². The molecule has 4 heteroatoms. The second-order valence-corrected chi connectivity index (χ2v) is 5.24. The van der Waals surface area contributed by atoms with E-state index in [0.717, 1.165) is 37.6 Å². The maximum absolute atomic E-state index is 11.3. The number of hydrogen-bond donors (Lipinski definition) is 1. The van der Waals surface area contributed by atoms with Gasteiger partial charge in [0.05, 0.1) is 19.3 Å². The average Bonchev–Trinajstić information content (AvgIpc) is 2.52. The van der Waals surface area contributed by atoms with Crippen molar-refractivity contribution in [3.63, 3.8) is 0 Å². The summed E-state index contributed by atoms with van der Waals surface area (Å²) in [6.45, 7) is 3.67. The molecule has 0 aromatic heterocycles. The van der Waals surface area contributed by atoms with Gasteiger partial charge in [0, 0.05) is 6.61 Å². The highest BCUT2D eigenvalue weighted by Crippen LogP contribution is 2.14. The van der Waals surface area contributed by atoms with Crippen molar-refractivity contribution >= 4 is 5.97 Å². The third-order valence-electron chi connectivity index (χ3n) is 3.71. The van der Waals surface area contributed by atoms with Gasteiger partial charge in [-0.05, 0) is 56.0 Å². The Hall–Kier alpha value is -1.39. The molecule has 1 heterocycles. The lowest BCUT2D eigenvalue weighted by Crippen LogP contribution is -2.30. The summed E-state index contributed by atoms with van der Waals surface area (Å²) in [4.78, 5) is 11.3. The lowest BCUT2D eigenvalue weighted by atomic mass is 9.97. The molecule has 1 aromatic carbocycles. The fourth-order valence-electron chi connectivity index (χ4n) is 2.47. The molecule has 0 bridgehead atoms. The Kier molecular flexibility index (Phi) is 6.02. The van der Waals surface area contributed by atoms with Gasteiger partial charge in [-0.25, -0.2) is 4.79 Å². The van der Waals surface area contributed by atoms with Crippen LogP contribution in [0.2, 0.25) is 0 Å². The summed E-state index contributed by atoms with van der Waals surface area (Å²) in [5.41, 5.74) is 1.66. The van der Waals surface area contributed by atoms with E-state index in [0.29, 0.717) is 12.2 Å². The minimum Gasteiger partial charge on any atom is -0.465 e. The van der Waals surface area contributed by atoms with Crippen LogP contribution in [0.4, 0.5) is 0 Å². The Morgan fingerprint density at radius 1 is 1.35 bits per heavy atom. The van der Waals surface area contributed by atoms with Gasteiger partial charge in [-0.1, -0.05) is 12.1 Å². The van der Waals surface area contributed by atoms with Crippen molar-refractivity contribution in [2.24, 2.45) is 5.92 Å². The van der Waals surface area contributed by atoms with Gasteiger partial charge < -0.3 is 14.8 Å². The van der Waals surface area contributed by atoms with Gasteiger partial charge >= 0.3 is 5.97 Å². The van der Waals surface area contributed by atoms with E-state index in [-0.39, 0.29) is 5.97 Å². The zero-order valence-corrected chi connectivity index (χ0v) is 12.1. The van der Waals surface area contributed by atoms with E-state index in [2.05, 4.69) is 10.1 Å². The van der Waals surface area contributed by atoms with E-state index in [4.69, 9.17) is 4.74 Å². The van der Waals surface area contributed by atoms with Crippen molar-refractivity contribution in [3.05, 3.63) is 35.4 Å². The molecule has 1 fully saturated rings. The van der Waals surface area contributed by atoms with E-state index in [1.165, 1.54) is 20.0 Å². The molecular weight excluding hydrogens is 254 g/mol. The highest BCUT2D eigenvalue weighted by atomic mass is 16.5. The molecule has 110 valence electrons. The molecule has 2 rings (SSSR count). The summed E-state index contributed by atoms with van der Waals surface area (Å²) in [5.74, 6) is 0.452. The van der Waals surface area contributed by atoms with E-state index < -0.39 is 0 Å². The lowest BCUT2D eigenvalue weighted by Gasteiger charge is -2.22. The standard InChI is InChI=1S/C16H23NO3/c1-19-16(18)15-6-4-14(5-7-15)12-20-10-8-13-3-2-9-17-11-13/h4-7,13,17H,2-3,8-12H2,1H3. The molecule has 1 aliphatic heterocycles. The number of hydrogen-bond acceptors (Lipinski definition) is 4. The highest BCUT2D eigenvalue weighted by molar-refractivity contribution is 5.89. The smallest absolute Gasteiger partial charge is 0.337 e. The third kappa shape index (κ3) is 4.62. The number of benzene rings is 1. The van der Waals surface area contributed by atoms with Gasteiger partial charge in [-0.2, -0.15) is 0 Å². The molecule has 1 N–H and O–H groups in total. The summed E-state index contributed by atoms with van der Waals surface area (Å²) < 4.78 is 10.4. The summed E-state index contributed by atoms with van der Waals surface area (Å²) in [5, 5.41) is 3.42. The van der Waals surface area contributed by atoms with Crippen molar-refractivity contribution in [1.82, 2.24) is 5.32 Å². The third-order valence-corrected chi connectivity index (χ3v) is 3.71. The number of carbonyl (C=O) groups is 1. The fraction of sp³-hybridized carbons (Fsp3) is 0.562. The quantitative estimate of drug-likeness (QED) is 0.640. The number of carbonyl (C=O) groups excluding carboxylic acids is 1. The molecule has 1 aromatic rings. The van der Waals surface area contributed by atoms with E-state index in [9.17, 15) is 4.79 Å². The first-order valence-corrected chi connectivity index (χ1v) is 7.25. The summed E-state index contributed by atoms with van der Waals surface area (Å²) >= 11 is 0. The van der Waals surface area contributed by atoms with Gasteiger partial charge in [-0.3, -0.25) is 0 Å². The molecule has 0 radical (unpaired) electrons. The zero-order chi connectivity index (χ0) is 14.2. The average molecular weight is 277 g/mol. The zero-order valence-electron chi connectivity index (χ0n) is 12.1. The normalized spacial score (nSPS) is 18.8. The predicted molar refractivity (Wildman–Crippen MR) is 77.6 cm³/mol. The minimum absolute atomic E-state index is 0.303. The Balaban J connectivity index is 1.67. The first-order valence-electron chi connectivity index (χ1n) is 7.25. The van der Waals surface area contributed by atoms with Crippen molar-refractivity contribution < 1.29 is 14.3 Å². The number of piperidine rings is 1. The predicted octanol–water partition coefficient (Wildman–Crippen LogP) is 2.38. The maximum atomic E-state index is 11.3. The Morgan fingerprint density at radius 2 is 2.15 bits per heavy atom. The maximum Gasteiger partial charge on any atom is 0.337 e. The molecule has 0 spiro atoms. The summed E-state index contributed by atoms with van der Waals surface area (Å²) in [6, 6.07) is 7.37. The highest BCUT2D eigenvalue weighted by Gasteiger charge is 2.12. The second kappa shape index (κ2) is 8.02. The van der Waals surface area contributed by atoms with Gasteiger partial charge in [0.2, 0.25) is 0 Å². The minimum atomic E-state index is -0.303. The van der Waals surface area contributed by atoms with Crippen LogP contribution in [-0.2, 0) is 16.1 Å². The first kappa shape index (κ1) is 15.0. The van der Waals surface area contributed by atoms with Crippen LogP contribution in [0.25, 0.3) is 0 Å². The molecule has 4 nitrogen and oxygen atoms in total. The molecule has 0 amide bonds. The number of esters is 1. The van der Waals surface area contributed by atoms with Crippen molar-refractivity contribution in [2.75, 3.05) is 26.8 Å². The van der Waals surface area contributed by atoms with Crippen molar-refractivity contribution in [3.8, 4) is 0 Å². The van der Waals surface area contributed by atoms with E-state index in [1.807, 2.05) is 12.1 Å². The molecule has 1 aliphatic rings. The van der Waals surface area contributed by atoms with Crippen LogP contribution in [0.5, 0.6) is 0 Å². The first-order chi connectivity index (χ1) is 9.79. The van der Waals surface area contributed by atoms with Crippen LogP contribution in [0.1, 0.15) is 35.2 Å². The summed E-state index contributed by atoms with van der Waals surface area (Å²) in [7, 11) is 1.39.